The van der Waals surface area contributed by atoms with E-state index in [-0.39, 0.29) is 5.75 Å². The molecule has 3 rings (SSSR count). The molecule has 2 aromatic carbocycles. The van der Waals surface area contributed by atoms with Crippen molar-refractivity contribution in [3.05, 3.63) is 71.3 Å². The van der Waals surface area contributed by atoms with E-state index >= 15 is 0 Å². The molecule has 0 aliphatic carbocycles. The monoisotopic (exact) mass is 404 g/mol. The minimum absolute atomic E-state index is 0.379. The van der Waals surface area contributed by atoms with Crippen LogP contribution in [-0.4, -0.2) is 25.2 Å². The molecule has 0 radical (unpaired) electrons. The summed E-state index contributed by atoms with van der Waals surface area (Å²) in [5.41, 5.74) is 2.40. The van der Waals surface area contributed by atoms with Crippen molar-refractivity contribution in [2.45, 2.75) is 31.5 Å². The Morgan fingerprint density at radius 3 is 2.62 bits per heavy atom. The zero-order chi connectivity index (χ0) is 21.0. The Bertz CT molecular complexity index is 857. The summed E-state index contributed by atoms with van der Waals surface area (Å²) >= 11 is 0. The van der Waals surface area contributed by atoms with E-state index in [1.165, 1.54) is 6.07 Å². The zero-order valence-electron chi connectivity index (χ0n) is 16.5. The Balaban J connectivity index is 1.91. The lowest BCUT2D eigenvalue weighted by molar-refractivity contribution is -0.137. The van der Waals surface area contributed by atoms with Crippen LogP contribution in [-0.2, 0) is 6.18 Å². The summed E-state index contributed by atoms with van der Waals surface area (Å²) in [5.74, 6) is 0.146. The first-order valence-corrected chi connectivity index (χ1v) is 9.86. The third kappa shape index (κ3) is 5.00. The van der Waals surface area contributed by atoms with Gasteiger partial charge in [-0.1, -0.05) is 36.9 Å². The highest BCUT2D eigenvalue weighted by atomic mass is 19.4. The highest BCUT2D eigenvalue weighted by Gasteiger charge is 2.32. The summed E-state index contributed by atoms with van der Waals surface area (Å²) in [4.78, 5) is 0. The second-order valence-corrected chi connectivity index (χ2v) is 7.60. The first-order valence-electron chi connectivity index (χ1n) is 9.86. The molecule has 3 N–H and O–H groups in total. The summed E-state index contributed by atoms with van der Waals surface area (Å²) in [5, 5.41) is 16.9. The van der Waals surface area contributed by atoms with Crippen LogP contribution in [0.3, 0.4) is 0 Å². The topological polar surface area (TPSA) is 44.3 Å². The highest BCUT2D eigenvalue weighted by Crippen LogP contribution is 2.38. The number of hydrogen-bond acceptors (Lipinski definition) is 3. The summed E-state index contributed by atoms with van der Waals surface area (Å²) in [6.45, 7) is 6.31. The fourth-order valence-electron chi connectivity index (χ4n) is 4.07. The molecule has 0 saturated carbocycles. The number of nitrogens with one attached hydrogen (secondary N) is 2. The van der Waals surface area contributed by atoms with Crippen LogP contribution < -0.4 is 10.6 Å². The molecule has 6 heteroatoms. The predicted octanol–water partition coefficient (Wildman–Crippen LogP) is 5.12. The van der Waals surface area contributed by atoms with E-state index in [0.717, 1.165) is 61.2 Å². The van der Waals surface area contributed by atoms with E-state index in [1.807, 2.05) is 24.3 Å². The second kappa shape index (κ2) is 9.01. The number of allylic oxidation sites excluding steroid dienone is 1. The van der Waals surface area contributed by atoms with Crippen LogP contribution in [0.5, 0.6) is 5.75 Å². The van der Waals surface area contributed by atoms with Crippen LogP contribution in [0.2, 0.25) is 0 Å². The van der Waals surface area contributed by atoms with Crippen LogP contribution >= 0.6 is 0 Å². The van der Waals surface area contributed by atoms with Gasteiger partial charge < -0.3 is 15.7 Å². The van der Waals surface area contributed by atoms with Gasteiger partial charge in [-0.15, -0.1) is 0 Å². The van der Waals surface area contributed by atoms with Gasteiger partial charge in [-0.25, -0.2) is 0 Å². The van der Waals surface area contributed by atoms with Gasteiger partial charge in [-0.3, -0.25) is 0 Å². The number of phenols is 1. The number of alkyl halides is 3. The Hall–Kier alpha value is -2.31. The molecule has 2 atom stereocenters. The van der Waals surface area contributed by atoms with Crippen molar-refractivity contribution >= 4 is 5.57 Å². The van der Waals surface area contributed by atoms with Gasteiger partial charge in [0.1, 0.15) is 5.75 Å². The van der Waals surface area contributed by atoms with Gasteiger partial charge in [0.05, 0.1) is 11.6 Å². The highest BCUT2D eigenvalue weighted by molar-refractivity contribution is 5.68. The molecule has 3 nitrogen and oxygen atoms in total. The minimum atomic E-state index is -4.49. The zero-order valence-corrected chi connectivity index (χ0v) is 16.5. The quantitative estimate of drug-likeness (QED) is 0.626. The molecule has 156 valence electrons. The van der Waals surface area contributed by atoms with Gasteiger partial charge in [0.15, 0.2) is 0 Å². The lowest BCUT2D eigenvalue weighted by Gasteiger charge is -2.26. The Morgan fingerprint density at radius 1 is 1.24 bits per heavy atom. The lowest BCUT2D eigenvalue weighted by Crippen LogP contribution is -2.29. The first kappa shape index (κ1) is 21.4. The number of piperidine rings is 1. The largest absolute Gasteiger partial charge is 0.508 e. The van der Waals surface area contributed by atoms with Crippen molar-refractivity contribution in [1.29, 1.82) is 0 Å². The molecule has 0 spiro atoms. The molecule has 29 heavy (non-hydrogen) atoms. The molecule has 1 fully saturated rings. The molecule has 0 amide bonds. The summed E-state index contributed by atoms with van der Waals surface area (Å²) in [6, 6.07) is 10.4. The van der Waals surface area contributed by atoms with Crippen molar-refractivity contribution < 1.29 is 18.3 Å². The fourth-order valence-corrected chi connectivity index (χ4v) is 4.07. The van der Waals surface area contributed by atoms with Crippen LogP contribution in [0.25, 0.3) is 5.57 Å². The van der Waals surface area contributed by atoms with E-state index in [9.17, 15) is 18.3 Å². The number of phenolic OH excluding ortho intramolecular Hbond substituents is 1. The van der Waals surface area contributed by atoms with Crippen molar-refractivity contribution in [3.63, 3.8) is 0 Å². The van der Waals surface area contributed by atoms with Gasteiger partial charge in [0.2, 0.25) is 0 Å². The first-order chi connectivity index (χ1) is 13.8. The molecule has 1 aliphatic heterocycles. The maximum absolute atomic E-state index is 13.0. The fraction of sp³-hybridized carbons (Fsp3) is 0.391. The minimum Gasteiger partial charge on any atom is -0.508 e. The van der Waals surface area contributed by atoms with E-state index in [2.05, 4.69) is 17.2 Å². The average molecular weight is 404 g/mol. The van der Waals surface area contributed by atoms with Gasteiger partial charge in [0, 0.05) is 5.56 Å². The number of rotatable bonds is 6. The molecule has 0 bridgehead atoms. The van der Waals surface area contributed by atoms with Crippen molar-refractivity contribution in [2.24, 2.45) is 5.92 Å². The van der Waals surface area contributed by atoms with E-state index in [0.29, 0.717) is 11.5 Å². The second-order valence-electron chi connectivity index (χ2n) is 7.60. The Labute approximate surface area is 169 Å². The number of halogens is 3. The lowest BCUT2D eigenvalue weighted by atomic mass is 9.85. The molecule has 1 heterocycles. The molecular formula is C23H27F3N2O. The van der Waals surface area contributed by atoms with Crippen molar-refractivity contribution in [3.8, 4) is 5.75 Å². The Morgan fingerprint density at radius 2 is 2.00 bits per heavy atom. The van der Waals surface area contributed by atoms with Gasteiger partial charge in [-0.05, 0) is 74.2 Å². The number of hydrogen-bond donors (Lipinski definition) is 3. The Kier molecular flexibility index (Phi) is 6.65. The van der Waals surface area contributed by atoms with Gasteiger partial charge >= 0.3 is 6.18 Å². The molecule has 1 aliphatic rings. The summed E-state index contributed by atoms with van der Waals surface area (Å²) in [7, 11) is 1.73. The average Bonchev–Trinajstić information content (AvgIpc) is 2.70. The molecule has 2 unspecified atom stereocenters. The summed E-state index contributed by atoms with van der Waals surface area (Å²) in [6.07, 6.45) is -1.33. The smallest absolute Gasteiger partial charge is 0.416 e. The van der Waals surface area contributed by atoms with Crippen molar-refractivity contribution in [2.75, 3.05) is 20.1 Å². The van der Waals surface area contributed by atoms with E-state index in [4.69, 9.17) is 0 Å². The van der Waals surface area contributed by atoms with Gasteiger partial charge in [-0.2, -0.15) is 13.2 Å². The van der Waals surface area contributed by atoms with Crippen LogP contribution in [0, 0.1) is 5.92 Å². The van der Waals surface area contributed by atoms with Gasteiger partial charge in [0.25, 0.3) is 0 Å². The van der Waals surface area contributed by atoms with Crippen LogP contribution in [0.15, 0.2) is 49.0 Å². The van der Waals surface area contributed by atoms with E-state index < -0.39 is 17.8 Å². The maximum Gasteiger partial charge on any atom is 0.416 e. The standard InChI is InChI=1S/C23H27F3N2O/c1-15(12-16-6-5-11-28-14-16)18-7-3-4-8-19(18)22(27-2)20-10-9-17(13-21(20)29)23(24,25)26/h3-4,7-10,13,16,22,27-29H,1,5-6,11-12,14H2,2H3. The normalized spacial score (nSPS) is 18.4. The maximum atomic E-state index is 13.0. The molecule has 2 aromatic rings. The SMILES string of the molecule is C=C(CC1CCCNC1)c1ccccc1C(NC)c1ccc(C(F)(F)F)cc1O. The third-order valence-corrected chi connectivity index (χ3v) is 5.54. The molecular weight excluding hydrogens is 377 g/mol. The third-order valence-electron chi connectivity index (χ3n) is 5.54. The molecule has 1 saturated heterocycles. The summed E-state index contributed by atoms with van der Waals surface area (Å²) < 4.78 is 38.9. The number of benzene rings is 2. The van der Waals surface area contributed by atoms with Crippen LogP contribution in [0.1, 0.15) is 47.6 Å². The molecule has 0 aromatic heterocycles. The predicted molar refractivity (Wildman–Crippen MR) is 110 cm³/mol. The van der Waals surface area contributed by atoms with Crippen molar-refractivity contribution in [1.82, 2.24) is 10.6 Å². The van der Waals surface area contributed by atoms with Crippen LogP contribution in [0.4, 0.5) is 13.2 Å². The number of aromatic hydroxyl groups is 1. The van der Waals surface area contributed by atoms with E-state index in [1.54, 1.807) is 7.05 Å².